The summed E-state index contributed by atoms with van der Waals surface area (Å²) in [6.07, 6.45) is 3.72. The predicted molar refractivity (Wildman–Crippen MR) is 95.4 cm³/mol. The molecule has 13 heteroatoms. The molecule has 0 radical (unpaired) electrons. The number of hydrogen-bond donors (Lipinski definition) is 1. The third-order valence-electron chi connectivity index (χ3n) is 4.25. The first-order chi connectivity index (χ1) is 13.0. The van der Waals surface area contributed by atoms with Crippen molar-refractivity contribution in [3.05, 3.63) is 35.1 Å². The average Bonchev–Trinajstić information content (AvgIpc) is 2.88. The van der Waals surface area contributed by atoms with Gasteiger partial charge in [0.1, 0.15) is 10.6 Å². The minimum Gasteiger partial charge on any atom is -0.433 e. The van der Waals surface area contributed by atoms with Crippen molar-refractivity contribution in [1.82, 2.24) is 13.9 Å². The van der Waals surface area contributed by atoms with Crippen molar-refractivity contribution < 1.29 is 30.4 Å². The van der Waals surface area contributed by atoms with Gasteiger partial charge < -0.3 is 4.74 Å². The van der Waals surface area contributed by atoms with Gasteiger partial charge in [-0.25, -0.2) is 16.8 Å². The van der Waals surface area contributed by atoms with Gasteiger partial charge in [-0.1, -0.05) is 18.0 Å². The van der Waals surface area contributed by atoms with Gasteiger partial charge in [0.05, 0.1) is 15.6 Å². The molecule has 1 fully saturated rings. The number of ether oxygens (including phenoxy) is 1. The van der Waals surface area contributed by atoms with Crippen LogP contribution in [0.15, 0.2) is 34.2 Å². The van der Waals surface area contributed by atoms with E-state index in [1.165, 1.54) is 17.9 Å². The lowest BCUT2D eigenvalue weighted by Crippen LogP contribution is -2.31. The molecule has 1 aliphatic rings. The van der Waals surface area contributed by atoms with Crippen LogP contribution in [0.1, 0.15) is 30.9 Å². The molecule has 28 heavy (non-hydrogen) atoms. The largest absolute Gasteiger partial charge is 0.433 e. The second-order valence-electron chi connectivity index (χ2n) is 6.24. The van der Waals surface area contributed by atoms with Crippen LogP contribution < -0.4 is 8.86 Å². The molecule has 2 aromatic rings. The molecule has 1 aromatic heterocycles. The van der Waals surface area contributed by atoms with Gasteiger partial charge in [-0.3, -0.25) is 4.68 Å². The van der Waals surface area contributed by atoms with E-state index in [4.69, 9.17) is 11.6 Å². The molecule has 1 N–H and O–H groups in total. The van der Waals surface area contributed by atoms with Gasteiger partial charge in [0.25, 0.3) is 20.0 Å². The normalized spacial score (nSPS) is 15.6. The second-order valence-corrected chi connectivity index (χ2v) is 10.2. The maximum absolute atomic E-state index is 12.7. The van der Waals surface area contributed by atoms with Crippen LogP contribution in [0.25, 0.3) is 0 Å². The van der Waals surface area contributed by atoms with Crippen LogP contribution in [0.3, 0.4) is 0 Å². The smallest absolute Gasteiger partial charge is 0.387 e. The van der Waals surface area contributed by atoms with Gasteiger partial charge in [-0.2, -0.15) is 13.9 Å². The van der Waals surface area contributed by atoms with Crippen molar-refractivity contribution in [2.45, 2.75) is 41.6 Å². The predicted octanol–water partition coefficient (Wildman–Crippen LogP) is 2.61. The average molecular weight is 456 g/mol. The van der Waals surface area contributed by atoms with Gasteiger partial charge in [0, 0.05) is 19.2 Å². The highest BCUT2D eigenvalue weighted by molar-refractivity contribution is 8.04. The molecule has 0 atom stereocenters. The number of halogens is 3. The van der Waals surface area contributed by atoms with Crippen molar-refractivity contribution in [3.8, 4) is 5.75 Å². The molecule has 1 heterocycles. The highest BCUT2D eigenvalue weighted by Crippen LogP contribution is 2.38. The number of aromatic nitrogens is 2. The Morgan fingerprint density at radius 1 is 1.25 bits per heavy atom. The van der Waals surface area contributed by atoms with Crippen molar-refractivity contribution in [1.29, 1.82) is 0 Å². The summed E-state index contributed by atoms with van der Waals surface area (Å²) in [4.78, 5) is -0.733. The Balaban J connectivity index is 1.91. The number of sulfonamides is 2. The fourth-order valence-electron chi connectivity index (χ4n) is 2.73. The van der Waals surface area contributed by atoms with Gasteiger partial charge >= 0.3 is 6.61 Å². The molecule has 1 aliphatic carbocycles. The summed E-state index contributed by atoms with van der Waals surface area (Å²) in [6, 6.07) is 2.66. The topological polar surface area (TPSA) is 107 Å². The van der Waals surface area contributed by atoms with Crippen LogP contribution >= 0.6 is 11.6 Å². The molecule has 0 aliphatic heterocycles. The fraction of sp³-hybridized carbons (Fsp3) is 0.400. The van der Waals surface area contributed by atoms with E-state index in [9.17, 15) is 25.6 Å². The highest BCUT2D eigenvalue weighted by Gasteiger charge is 2.33. The first-order valence-corrected chi connectivity index (χ1v) is 11.4. The lowest BCUT2D eigenvalue weighted by Gasteiger charge is -2.24. The van der Waals surface area contributed by atoms with E-state index in [-0.39, 0.29) is 10.8 Å². The fourth-order valence-corrected chi connectivity index (χ4v) is 6.22. The van der Waals surface area contributed by atoms with E-state index in [2.05, 4.69) is 9.84 Å². The Hall–Kier alpha value is -1.76. The van der Waals surface area contributed by atoms with Gasteiger partial charge in [0.15, 0.2) is 0 Å². The number of nitrogens with zero attached hydrogens (tertiary/aromatic N) is 2. The first-order valence-electron chi connectivity index (χ1n) is 8.06. The molecule has 0 saturated heterocycles. The minimum atomic E-state index is -4.56. The third-order valence-corrected chi connectivity index (χ3v) is 8.07. The molecule has 1 aromatic carbocycles. The van der Waals surface area contributed by atoms with Crippen LogP contribution in [0.2, 0.25) is 5.02 Å². The molecular weight excluding hydrogens is 440 g/mol. The Morgan fingerprint density at radius 3 is 2.46 bits per heavy atom. The van der Waals surface area contributed by atoms with Crippen LogP contribution in [-0.4, -0.2) is 33.2 Å². The Kier molecular flexibility index (Phi) is 5.67. The lowest BCUT2D eigenvalue weighted by atomic mass is 9.83. The summed E-state index contributed by atoms with van der Waals surface area (Å²) in [5, 5.41) is 3.74. The van der Waals surface area contributed by atoms with E-state index in [0.717, 1.165) is 37.5 Å². The number of aryl methyl sites for hydroxylation is 1. The van der Waals surface area contributed by atoms with Gasteiger partial charge in [-0.05, 0) is 31.0 Å². The Labute approximate surface area is 165 Å². The number of benzene rings is 1. The second kappa shape index (κ2) is 7.58. The SMILES string of the molecule is Cn1cc(S(=O)(=O)NS(=O)(=O)c2ccc(OC(F)F)c(Cl)c2)c(C2CCC2)n1. The molecule has 8 nitrogen and oxygen atoms in total. The number of rotatable bonds is 7. The summed E-state index contributed by atoms with van der Waals surface area (Å²) in [5.41, 5.74) is 0.315. The zero-order valence-corrected chi connectivity index (χ0v) is 16.9. The van der Waals surface area contributed by atoms with Crippen LogP contribution in [0, 0.1) is 0 Å². The van der Waals surface area contributed by atoms with Crippen LogP contribution in [0.4, 0.5) is 8.78 Å². The summed E-state index contributed by atoms with van der Waals surface area (Å²) in [5.74, 6) is -0.478. The lowest BCUT2D eigenvalue weighted by molar-refractivity contribution is -0.0498. The van der Waals surface area contributed by atoms with Crippen molar-refractivity contribution >= 4 is 31.6 Å². The molecule has 3 rings (SSSR count). The molecule has 0 amide bonds. The first kappa shape index (κ1) is 21.0. The maximum Gasteiger partial charge on any atom is 0.387 e. The quantitative estimate of drug-likeness (QED) is 0.687. The third kappa shape index (κ3) is 4.29. The minimum absolute atomic E-state index is 0.0456. The molecule has 0 bridgehead atoms. The zero-order chi connectivity index (χ0) is 20.7. The van der Waals surface area contributed by atoms with E-state index >= 15 is 0 Å². The van der Waals surface area contributed by atoms with E-state index in [0.29, 0.717) is 5.69 Å². The standard InChI is InChI=1S/C15H16ClF2N3O5S2/c1-21-8-13(14(19-21)9-3-2-4-9)28(24,25)20-27(22,23)10-5-6-12(11(16)7-10)26-15(17)18/h5-9,15,20H,2-4H2,1H3. The van der Waals surface area contributed by atoms with Crippen molar-refractivity contribution in [2.24, 2.45) is 7.05 Å². The van der Waals surface area contributed by atoms with Gasteiger partial charge in [0.2, 0.25) is 0 Å². The maximum atomic E-state index is 12.7. The number of alkyl halides is 2. The molecule has 0 spiro atoms. The molecule has 0 unspecified atom stereocenters. The Bertz CT molecular complexity index is 1100. The summed E-state index contributed by atoms with van der Waals surface area (Å²) >= 11 is 5.75. The van der Waals surface area contributed by atoms with Gasteiger partial charge in [-0.15, -0.1) is 4.13 Å². The Morgan fingerprint density at radius 2 is 1.93 bits per heavy atom. The van der Waals surface area contributed by atoms with Crippen LogP contribution in [0.5, 0.6) is 5.75 Å². The summed E-state index contributed by atoms with van der Waals surface area (Å²) in [6.45, 7) is -3.14. The van der Waals surface area contributed by atoms with E-state index in [1.807, 2.05) is 0 Å². The van der Waals surface area contributed by atoms with Crippen molar-refractivity contribution in [2.75, 3.05) is 0 Å². The van der Waals surface area contributed by atoms with Crippen LogP contribution in [-0.2, 0) is 27.1 Å². The molecule has 154 valence electrons. The molecular formula is C15H16ClF2N3O5S2. The summed E-state index contributed by atoms with van der Waals surface area (Å²) in [7, 11) is -7.47. The number of nitrogens with one attached hydrogen (secondary N) is 1. The van der Waals surface area contributed by atoms with Crippen molar-refractivity contribution in [3.63, 3.8) is 0 Å². The molecule has 1 saturated carbocycles. The highest BCUT2D eigenvalue weighted by atomic mass is 35.5. The number of hydrogen-bond acceptors (Lipinski definition) is 6. The summed E-state index contributed by atoms with van der Waals surface area (Å²) < 4.78 is 82.1. The zero-order valence-electron chi connectivity index (χ0n) is 14.5. The monoisotopic (exact) mass is 455 g/mol. The van der Waals surface area contributed by atoms with E-state index < -0.39 is 42.3 Å². The van der Waals surface area contributed by atoms with E-state index in [1.54, 1.807) is 4.13 Å².